The lowest BCUT2D eigenvalue weighted by Gasteiger charge is -2.20. The molecule has 106 valence electrons. The number of carboxylic acid groups (broad SMARTS) is 1. The van der Waals surface area contributed by atoms with Crippen molar-refractivity contribution in [2.24, 2.45) is 0 Å². The molecule has 0 aliphatic rings. The van der Waals surface area contributed by atoms with Crippen LogP contribution in [-0.2, 0) is 16.1 Å². The predicted octanol–water partition coefficient (Wildman–Crippen LogP) is 1.37. The number of carbonyl (C=O) groups is 1. The fraction of sp³-hybridized carbons (Fsp3) is 0.462. The number of halogens is 1. The molecule has 0 aliphatic heterocycles. The molecule has 0 fully saturated rings. The Kier molecular flexibility index (Phi) is 6.24. The molecule has 0 amide bonds. The summed E-state index contributed by atoms with van der Waals surface area (Å²) in [6.07, 6.45) is 0. The van der Waals surface area contributed by atoms with Crippen LogP contribution in [0.1, 0.15) is 5.56 Å². The van der Waals surface area contributed by atoms with Crippen LogP contribution in [-0.4, -0.2) is 49.9 Å². The first-order chi connectivity index (χ1) is 9.06. The quantitative estimate of drug-likeness (QED) is 0.773. The minimum absolute atomic E-state index is 0.158. The van der Waals surface area contributed by atoms with E-state index in [1.54, 1.807) is 17.0 Å². The van der Waals surface area contributed by atoms with Gasteiger partial charge in [-0.3, -0.25) is 9.69 Å². The lowest BCUT2D eigenvalue weighted by molar-refractivity contribution is -0.138. The second-order valence-corrected chi connectivity index (χ2v) is 4.05. The maximum absolute atomic E-state index is 13.8. The third kappa shape index (κ3) is 5.23. The van der Waals surface area contributed by atoms with Crippen molar-refractivity contribution in [1.82, 2.24) is 4.90 Å². The predicted molar refractivity (Wildman–Crippen MR) is 67.7 cm³/mol. The Labute approximate surface area is 111 Å². The van der Waals surface area contributed by atoms with E-state index in [1.165, 1.54) is 20.3 Å². The number of carboxylic acids is 1. The van der Waals surface area contributed by atoms with E-state index in [-0.39, 0.29) is 13.1 Å². The van der Waals surface area contributed by atoms with E-state index in [2.05, 4.69) is 0 Å². The van der Waals surface area contributed by atoms with E-state index in [9.17, 15) is 9.18 Å². The standard InChI is InChI=1S/C13H18FNO4/c1-18-6-5-15(9-13(16)17)8-10-3-4-11(19-2)7-12(10)14/h3-4,7H,5-6,8-9H2,1-2H3,(H,16,17). The van der Waals surface area contributed by atoms with Crippen LogP contribution in [0.25, 0.3) is 0 Å². The molecule has 0 unspecified atom stereocenters. The summed E-state index contributed by atoms with van der Waals surface area (Å²) in [4.78, 5) is 12.4. The third-order valence-electron chi connectivity index (χ3n) is 2.62. The van der Waals surface area contributed by atoms with Crippen LogP contribution in [0.4, 0.5) is 4.39 Å². The van der Waals surface area contributed by atoms with Crippen LogP contribution >= 0.6 is 0 Å². The average molecular weight is 271 g/mol. The first kappa shape index (κ1) is 15.4. The number of rotatable bonds is 8. The van der Waals surface area contributed by atoms with Crippen molar-refractivity contribution in [3.05, 3.63) is 29.6 Å². The van der Waals surface area contributed by atoms with Crippen molar-refractivity contribution in [2.45, 2.75) is 6.54 Å². The smallest absolute Gasteiger partial charge is 0.317 e. The molecule has 1 rings (SSSR count). The van der Waals surface area contributed by atoms with Gasteiger partial charge in [0.15, 0.2) is 0 Å². The molecule has 0 aromatic heterocycles. The molecule has 0 saturated carbocycles. The lowest BCUT2D eigenvalue weighted by atomic mass is 10.2. The highest BCUT2D eigenvalue weighted by molar-refractivity contribution is 5.69. The molecule has 0 heterocycles. The molecule has 0 aliphatic carbocycles. The zero-order chi connectivity index (χ0) is 14.3. The van der Waals surface area contributed by atoms with E-state index in [4.69, 9.17) is 14.6 Å². The number of aliphatic carboxylic acids is 1. The molecule has 0 atom stereocenters. The summed E-state index contributed by atoms with van der Waals surface area (Å²) in [5, 5.41) is 8.82. The second-order valence-electron chi connectivity index (χ2n) is 4.05. The monoisotopic (exact) mass is 271 g/mol. The van der Waals surface area contributed by atoms with Crippen LogP contribution in [0.15, 0.2) is 18.2 Å². The molecule has 5 nitrogen and oxygen atoms in total. The summed E-state index contributed by atoms with van der Waals surface area (Å²) in [5.74, 6) is -0.930. The van der Waals surface area contributed by atoms with Crippen molar-refractivity contribution >= 4 is 5.97 Å². The van der Waals surface area contributed by atoms with Crippen molar-refractivity contribution in [2.75, 3.05) is 33.9 Å². The van der Waals surface area contributed by atoms with Gasteiger partial charge in [-0.15, -0.1) is 0 Å². The van der Waals surface area contributed by atoms with Gasteiger partial charge in [-0.25, -0.2) is 4.39 Å². The van der Waals surface area contributed by atoms with Gasteiger partial charge in [0.25, 0.3) is 0 Å². The number of nitrogens with zero attached hydrogens (tertiary/aromatic N) is 1. The van der Waals surface area contributed by atoms with Crippen molar-refractivity contribution in [3.8, 4) is 5.75 Å². The van der Waals surface area contributed by atoms with Gasteiger partial charge in [0.05, 0.1) is 20.3 Å². The number of hydrogen-bond donors (Lipinski definition) is 1. The minimum atomic E-state index is -0.954. The van der Waals surface area contributed by atoms with Crippen molar-refractivity contribution < 1.29 is 23.8 Å². The molecule has 0 radical (unpaired) electrons. The van der Waals surface area contributed by atoms with Crippen LogP contribution in [0.2, 0.25) is 0 Å². The third-order valence-corrected chi connectivity index (χ3v) is 2.62. The summed E-state index contributed by atoms with van der Waals surface area (Å²) in [5.41, 5.74) is 0.429. The van der Waals surface area contributed by atoms with Crippen LogP contribution in [0.5, 0.6) is 5.75 Å². The number of benzene rings is 1. The molecule has 6 heteroatoms. The van der Waals surface area contributed by atoms with Crippen molar-refractivity contribution in [1.29, 1.82) is 0 Å². The highest BCUT2D eigenvalue weighted by Crippen LogP contribution is 2.17. The van der Waals surface area contributed by atoms with E-state index in [0.717, 1.165) is 0 Å². The van der Waals surface area contributed by atoms with Crippen molar-refractivity contribution in [3.63, 3.8) is 0 Å². The van der Waals surface area contributed by atoms with Gasteiger partial charge in [0.2, 0.25) is 0 Å². The first-order valence-corrected chi connectivity index (χ1v) is 5.82. The molecule has 1 aromatic carbocycles. The summed E-state index contributed by atoms with van der Waals surface area (Å²) in [6, 6.07) is 4.52. The fourth-order valence-corrected chi connectivity index (χ4v) is 1.65. The highest BCUT2D eigenvalue weighted by atomic mass is 19.1. The maximum Gasteiger partial charge on any atom is 0.317 e. The van der Waals surface area contributed by atoms with Crippen LogP contribution < -0.4 is 4.74 Å². The molecule has 1 N–H and O–H groups in total. The number of hydrogen-bond acceptors (Lipinski definition) is 4. The highest BCUT2D eigenvalue weighted by Gasteiger charge is 2.13. The molecule has 0 spiro atoms. The topological polar surface area (TPSA) is 59.0 Å². The van der Waals surface area contributed by atoms with E-state index < -0.39 is 11.8 Å². The van der Waals surface area contributed by atoms with E-state index in [1.807, 2.05) is 0 Å². The van der Waals surface area contributed by atoms with Gasteiger partial charge in [-0.05, 0) is 6.07 Å². The summed E-state index contributed by atoms with van der Waals surface area (Å²) in [6.45, 7) is 0.875. The summed E-state index contributed by atoms with van der Waals surface area (Å²) >= 11 is 0. The van der Waals surface area contributed by atoms with Gasteiger partial charge in [-0.2, -0.15) is 0 Å². The molecular formula is C13H18FNO4. The largest absolute Gasteiger partial charge is 0.497 e. The normalized spacial score (nSPS) is 10.7. The zero-order valence-electron chi connectivity index (χ0n) is 11.1. The van der Waals surface area contributed by atoms with Gasteiger partial charge < -0.3 is 14.6 Å². The Morgan fingerprint density at radius 2 is 2.16 bits per heavy atom. The molecular weight excluding hydrogens is 253 g/mol. The Hall–Kier alpha value is -1.66. The summed E-state index contributed by atoms with van der Waals surface area (Å²) in [7, 11) is 3.00. The lowest BCUT2D eigenvalue weighted by Crippen LogP contribution is -2.32. The molecule has 0 bridgehead atoms. The first-order valence-electron chi connectivity index (χ1n) is 5.82. The van der Waals surface area contributed by atoms with Gasteiger partial charge in [0.1, 0.15) is 11.6 Å². The van der Waals surface area contributed by atoms with Crippen LogP contribution in [0.3, 0.4) is 0 Å². The van der Waals surface area contributed by atoms with E-state index in [0.29, 0.717) is 24.5 Å². The summed E-state index contributed by atoms with van der Waals surface area (Å²) < 4.78 is 23.6. The fourth-order valence-electron chi connectivity index (χ4n) is 1.65. The van der Waals surface area contributed by atoms with Gasteiger partial charge >= 0.3 is 5.97 Å². The molecule has 1 aromatic rings. The van der Waals surface area contributed by atoms with Gasteiger partial charge in [-0.1, -0.05) is 6.07 Å². The minimum Gasteiger partial charge on any atom is -0.497 e. The Morgan fingerprint density at radius 1 is 1.42 bits per heavy atom. The Morgan fingerprint density at radius 3 is 2.68 bits per heavy atom. The number of methoxy groups -OCH3 is 2. The average Bonchev–Trinajstić information content (AvgIpc) is 2.37. The Bertz CT molecular complexity index is 425. The molecule has 19 heavy (non-hydrogen) atoms. The van der Waals surface area contributed by atoms with E-state index >= 15 is 0 Å². The SMILES string of the molecule is COCCN(CC(=O)O)Cc1ccc(OC)cc1F. The number of ether oxygens (including phenoxy) is 2. The Balaban J connectivity index is 2.74. The van der Waals surface area contributed by atoms with Gasteiger partial charge in [0, 0.05) is 31.8 Å². The molecule has 0 saturated heterocycles. The zero-order valence-corrected chi connectivity index (χ0v) is 11.1. The maximum atomic E-state index is 13.8. The second kappa shape index (κ2) is 7.70. The van der Waals surface area contributed by atoms with Crippen LogP contribution in [0, 0.1) is 5.82 Å².